The van der Waals surface area contributed by atoms with Gasteiger partial charge in [0.15, 0.2) is 0 Å². The molecule has 2 aliphatic heterocycles. The number of hydrogen-bond donors (Lipinski definition) is 1. The van der Waals surface area contributed by atoms with Crippen LogP contribution in [0.15, 0.2) is 30.0 Å². The summed E-state index contributed by atoms with van der Waals surface area (Å²) >= 11 is 0. The van der Waals surface area contributed by atoms with Crippen molar-refractivity contribution in [1.29, 1.82) is 0 Å². The van der Waals surface area contributed by atoms with Crippen LogP contribution in [0.4, 0.5) is 4.39 Å². The molecule has 0 aliphatic carbocycles. The molecule has 0 atom stereocenters. The van der Waals surface area contributed by atoms with E-state index in [-0.39, 0.29) is 30.8 Å². The van der Waals surface area contributed by atoms with Gasteiger partial charge in [0, 0.05) is 52.5 Å². The Bertz CT molecular complexity index is 758. The first-order valence-electron chi connectivity index (χ1n) is 10.1. The fourth-order valence-electron chi connectivity index (χ4n) is 3.74. The van der Waals surface area contributed by atoms with Crippen LogP contribution in [0.1, 0.15) is 18.9 Å². The average Bonchev–Trinajstić information content (AvgIpc) is 2.97. The van der Waals surface area contributed by atoms with Gasteiger partial charge in [0.05, 0.1) is 12.2 Å². The zero-order chi connectivity index (χ0) is 20.8. The Labute approximate surface area is 170 Å². The number of amides is 2. The lowest BCUT2D eigenvalue weighted by Crippen LogP contribution is -2.48. The maximum Gasteiger partial charge on any atom is 0.277 e. The highest BCUT2D eigenvalue weighted by Crippen LogP contribution is 2.32. The van der Waals surface area contributed by atoms with Crippen molar-refractivity contribution in [1.82, 2.24) is 14.7 Å². The Kier molecular flexibility index (Phi) is 7.35. The molecule has 7 nitrogen and oxygen atoms in total. The molecule has 1 saturated heterocycles. The topological polar surface area (TPSA) is 73.3 Å². The van der Waals surface area contributed by atoms with Gasteiger partial charge in [-0.25, -0.2) is 4.39 Å². The van der Waals surface area contributed by atoms with E-state index in [0.29, 0.717) is 69.2 Å². The molecule has 1 N–H and O–H groups in total. The SMILES string of the molecule is CCOCCCN1C(=O)C(c2ccc(F)cc2)=C(N2CCN(CCO)CC2)C1=O. The standard InChI is InChI=1S/C21H28FN3O4/c1-2-29-15-3-8-25-20(27)18(16-4-6-17(22)7-5-16)19(21(25)28)24-11-9-23(10-12-24)13-14-26/h4-7,26H,2-3,8-15H2,1H3. The molecule has 0 aromatic heterocycles. The van der Waals surface area contributed by atoms with Gasteiger partial charge < -0.3 is 14.7 Å². The molecular formula is C21H28FN3O4. The van der Waals surface area contributed by atoms with Crippen LogP contribution in [0.5, 0.6) is 0 Å². The molecule has 1 aromatic rings. The molecule has 1 aromatic carbocycles. The first kappa shape index (κ1) is 21.4. The highest BCUT2D eigenvalue weighted by atomic mass is 19.1. The summed E-state index contributed by atoms with van der Waals surface area (Å²) in [4.78, 5) is 31.6. The largest absolute Gasteiger partial charge is 0.395 e. The van der Waals surface area contributed by atoms with E-state index in [1.807, 2.05) is 11.8 Å². The normalized spacial score (nSPS) is 18.3. The molecule has 0 spiro atoms. The molecule has 2 heterocycles. The third kappa shape index (κ3) is 4.83. The molecule has 158 valence electrons. The Balaban J connectivity index is 1.85. The van der Waals surface area contributed by atoms with Crippen molar-refractivity contribution in [2.45, 2.75) is 13.3 Å². The monoisotopic (exact) mass is 405 g/mol. The number of β-amino-alcohol motifs (C(OH)–C–C–N with tert-alkyl or cyclic N) is 1. The van der Waals surface area contributed by atoms with Crippen molar-refractivity contribution in [3.63, 3.8) is 0 Å². The molecule has 0 radical (unpaired) electrons. The molecule has 8 heteroatoms. The van der Waals surface area contributed by atoms with E-state index >= 15 is 0 Å². The molecule has 2 aliphatic rings. The second kappa shape index (κ2) is 9.96. The number of carbonyl (C=O) groups is 2. The van der Waals surface area contributed by atoms with Crippen molar-refractivity contribution in [2.75, 3.05) is 59.1 Å². The van der Waals surface area contributed by atoms with Crippen molar-refractivity contribution < 1.29 is 23.8 Å². The first-order valence-corrected chi connectivity index (χ1v) is 10.1. The van der Waals surface area contributed by atoms with E-state index < -0.39 is 0 Å². The summed E-state index contributed by atoms with van der Waals surface area (Å²) in [7, 11) is 0. The van der Waals surface area contributed by atoms with Gasteiger partial charge in [-0.1, -0.05) is 12.1 Å². The van der Waals surface area contributed by atoms with Gasteiger partial charge >= 0.3 is 0 Å². The number of aliphatic hydroxyl groups is 1. The molecule has 2 amide bonds. The second-order valence-corrected chi connectivity index (χ2v) is 7.10. The molecule has 3 rings (SSSR count). The molecule has 29 heavy (non-hydrogen) atoms. The van der Waals surface area contributed by atoms with Gasteiger partial charge in [0.2, 0.25) is 0 Å². The zero-order valence-electron chi connectivity index (χ0n) is 16.8. The fourth-order valence-corrected chi connectivity index (χ4v) is 3.74. The van der Waals surface area contributed by atoms with Gasteiger partial charge in [0.1, 0.15) is 11.5 Å². The lowest BCUT2D eigenvalue weighted by molar-refractivity contribution is -0.137. The van der Waals surface area contributed by atoms with E-state index in [2.05, 4.69) is 4.90 Å². The lowest BCUT2D eigenvalue weighted by atomic mass is 10.0. The van der Waals surface area contributed by atoms with E-state index in [0.717, 1.165) is 0 Å². The minimum absolute atomic E-state index is 0.0918. The number of rotatable bonds is 9. The zero-order valence-corrected chi connectivity index (χ0v) is 16.8. The summed E-state index contributed by atoms with van der Waals surface area (Å²) in [5, 5.41) is 9.13. The maximum absolute atomic E-state index is 13.4. The van der Waals surface area contributed by atoms with Crippen molar-refractivity contribution in [2.24, 2.45) is 0 Å². The van der Waals surface area contributed by atoms with Gasteiger partial charge in [-0.15, -0.1) is 0 Å². The minimum atomic E-state index is -0.390. The first-order chi connectivity index (χ1) is 14.1. The maximum atomic E-state index is 13.4. The Morgan fingerprint density at radius 1 is 1.03 bits per heavy atom. The number of carbonyl (C=O) groups excluding carboxylic acids is 2. The van der Waals surface area contributed by atoms with Crippen LogP contribution in [0.3, 0.4) is 0 Å². The summed E-state index contributed by atoms with van der Waals surface area (Å²) < 4.78 is 18.7. The number of benzene rings is 1. The number of imide groups is 1. The van der Waals surface area contributed by atoms with Crippen molar-refractivity contribution in [3.05, 3.63) is 41.3 Å². The van der Waals surface area contributed by atoms with Gasteiger partial charge in [-0.2, -0.15) is 0 Å². The minimum Gasteiger partial charge on any atom is -0.395 e. The van der Waals surface area contributed by atoms with Gasteiger partial charge in [-0.3, -0.25) is 19.4 Å². The quantitative estimate of drug-likeness (QED) is 0.487. The van der Waals surface area contributed by atoms with Gasteiger partial charge in [0.25, 0.3) is 11.8 Å². The average molecular weight is 405 g/mol. The third-order valence-electron chi connectivity index (χ3n) is 5.26. The number of aliphatic hydroxyl groups excluding tert-OH is 1. The smallest absolute Gasteiger partial charge is 0.277 e. The van der Waals surface area contributed by atoms with E-state index in [4.69, 9.17) is 9.84 Å². The number of halogens is 1. The number of hydrogen-bond acceptors (Lipinski definition) is 6. The van der Waals surface area contributed by atoms with Crippen molar-refractivity contribution >= 4 is 17.4 Å². The Morgan fingerprint density at radius 3 is 2.34 bits per heavy atom. The van der Waals surface area contributed by atoms with Crippen LogP contribution in [0.2, 0.25) is 0 Å². The number of ether oxygens (including phenoxy) is 1. The van der Waals surface area contributed by atoms with Crippen LogP contribution in [0.25, 0.3) is 5.57 Å². The van der Waals surface area contributed by atoms with Crippen LogP contribution < -0.4 is 0 Å². The molecular weight excluding hydrogens is 377 g/mol. The highest BCUT2D eigenvalue weighted by Gasteiger charge is 2.41. The van der Waals surface area contributed by atoms with E-state index in [1.165, 1.54) is 17.0 Å². The van der Waals surface area contributed by atoms with Gasteiger partial charge in [-0.05, 0) is 31.0 Å². The van der Waals surface area contributed by atoms with Crippen LogP contribution in [-0.2, 0) is 14.3 Å². The van der Waals surface area contributed by atoms with Crippen molar-refractivity contribution in [3.8, 4) is 0 Å². The molecule has 1 fully saturated rings. The highest BCUT2D eigenvalue weighted by molar-refractivity contribution is 6.35. The number of piperazine rings is 1. The molecule has 0 saturated carbocycles. The van der Waals surface area contributed by atoms with Crippen LogP contribution >= 0.6 is 0 Å². The third-order valence-corrected chi connectivity index (χ3v) is 5.26. The van der Waals surface area contributed by atoms with E-state index in [9.17, 15) is 14.0 Å². The predicted molar refractivity (Wildman–Crippen MR) is 106 cm³/mol. The summed E-state index contributed by atoms with van der Waals surface area (Å²) in [6.07, 6.45) is 0.569. The summed E-state index contributed by atoms with van der Waals surface area (Å²) in [5.74, 6) is -1.04. The number of nitrogens with zero attached hydrogens (tertiary/aromatic N) is 3. The fraction of sp³-hybridized carbons (Fsp3) is 0.524. The van der Waals surface area contributed by atoms with Crippen LogP contribution in [0, 0.1) is 5.82 Å². The lowest BCUT2D eigenvalue weighted by Gasteiger charge is -2.36. The van der Waals surface area contributed by atoms with Crippen LogP contribution in [-0.4, -0.2) is 90.7 Å². The Hall–Kier alpha value is -2.29. The summed E-state index contributed by atoms with van der Waals surface area (Å²) in [6, 6.07) is 5.69. The summed E-state index contributed by atoms with van der Waals surface area (Å²) in [6.45, 7) is 6.52. The molecule has 0 bridgehead atoms. The predicted octanol–water partition coefficient (Wildman–Crippen LogP) is 0.942. The second-order valence-electron chi connectivity index (χ2n) is 7.10. The summed E-state index contributed by atoms with van der Waals surface area (Å²) in [5.41, 5.74) is 1.27. The Morgan fingerprint density at radius 2 is 1.72 bits per heavy atom. The molecule has 0 unspecified atom stereocenters. The van der Waals surface area contributed by atoms with E-state index in [1.54, 1.807) is 12.1 Å².